The van der Waals surface area contributed by atoms with Crippen molar-refractivity contribution in [1.29, 1.82) is 0 Å². The average molecular weight is 470 g/mol. The number of hydrazone groups is 1. The van der Waals surface area contributed by atoms with Gasteiger partial charge in [-0.1, -0.05) is 12.1 Å². The Morgan fingerprint density at radius 2 is 1.71 bits per heavy atom. The summed E-state index contributed by atoms with van der Waals surface area (Å²) in [5, 5.41) is 15.1. The van der Waals surface area contributed by atoms with E-state index in [1.54, 1.807) is 17.8 Å². The number of anilines is 1. The van der Waals surface area contributed by atoms with E-state index < -0.39 is 4.92 Å². The molecule has 4 fully saturated rings. The van der Waals surface area contributed by atoms with Gasteiger partial charge in [-0.15, -0.1) is 0 Å². The van der Waals surface area contributed by atoms with Gasteiger partial charge in [-0.25, -0.2) is 4.98 Å². The highest BCUT2D eigenvalue weighted by Gasteiger charge is 2.51. The molecule has 0 aliphatic heterocycles. The van der Waals surface area contributed by atoms with Crippen molar-refractivity contribution in [3.63, 3.8) is 0 Å². The quantitative estimate of drug-likeness (QED) is 0.260. The van der Waals surface area contributed by atoms with Crippen LogP contribution in [0.15, 0.2) is 53.8 Å². The van der Waals surface area contributed by atoms with E-state index in [0.29, 0.717) is 11.2 Å². The van der Waals surface area contributed by atoms with Gasteiger partial charge in [0.25, 0.3) is 5.69 Å². The minimum atomic E-state index is -0.468. The molecule has 7 nitrogen and oxygen atoms in total. The van der Waals surface area contributed by atoms with Gasteiger partial charge in [-0.3, -0.25) is 15.5 Å². The zero-order chi connectivity index (χ0) is 24.2. The van der Waals surface area contributed by atoms with Crippen LogP contribution in [0, 0.1) is 41.7 Å². The Morgan fingerprint density at radius 1 is 1.06 bits per heavy atom. The maximum absolute atomic E-state index is 10.8. The number of nitrogens with zero attached hydrogens (tertiary/aromatic N) is 4. The minimum Gasteiger partial charge on any atom is -0.318 e. The summed E-state index contributed by atoms with van der Waals surface area (Å²) in [6.45, 7) is 4.22. The number of hydrogen-bond donors (Lipinski definition) is 1. The van der Waals surface area contributed by atoms with Crippen molar-refractivity contribution >= 4 is 17.7 Å². The standard InChI is InChI=1S/C28H31N5O2/c1-18-9-23(16-30-31-27-8-7-26(17-29-27)33(34)35)19(2)32(18)25-5-3-24(4-6-25)28-13-20-10-21(14-28)12-22(11-20)15-28/h3-9,16-17,20-22H,10-15H2,1-2H3,(H,29,31). The first-order valence-electron chi connectivity index (χ1n) is 12.6. The number of benzene rings is 1. The normalized spacial score (nSPS) is 27.0. The zero-order valence-corrected chi connectivity index (χ0v) is 20.3. The Kier molecular flexibility index (Phi) is 5.24. The van der Waals surface area contributed by atoms with Crippen LogP contribution in [0.4, 0.5) is 11.5 Å². The molecule has 4 saturated carbocycles. The van der Waals surface area contributed by atoms with E-state index in [2.05, 4.69) is 64.3 Å². The number of hydrogen-bond acceptors (Lipinski definition) is 5. The first-order chi connectivity index (χ1) is 16.9. The van der Waals surface area contributed by atoms with Crippen LogP contribution < -0.4 is 5.43 Å². The third kappa shape index (κ3) is 3.93. The summed E-state index contributed by atoms with van der Waals surface area (Å²) in [4.78, 5) is 14.3. The van der Waals surface area contributed by atoms with Gasteiger partial charge in [-0.2, -0.15) is 5.10 Å². The lowest BCUT2D eigenvalue weighted by Gasteiger charge is -2.57. The topological polar surface area (TPSA) is 85.3 Å². The Hall–Kier alpha value is -3.48. The van der Waals surface area contributed by atoms with Gasteiger partial charge in [0.2, 0.25) is 0 Å². The van der Waals surface area contributed by atoms with Crippen LogP contribution in [0.1, 0.15) is 61.0 Å². The van der Waals surface area contributed by atoms with E-state index in [-0.39, 0.29) is 5.69 Å². The number of nitro groups is 1. The van der Waals surface area contributed by atoms with Gasteiger partial charge < -0.3 is 4.57 Å². The molecular formula is C28H31N5O2. The minimum absolute atomic E-state index is 0.0442. The maximum atomic E-state index is 10.8. The van der Waals surface area contributed by atoms with E-state index in [1.165, 1.54) is 56.5 Å². The summed E-state index contributed by atoms with van der Waals surface area (Å²) in [6, 6.07) is 14.4. The second-order valence-corrected chi connectivity index (χ2v) is 10.9. The second-order valence-electron chi connectivity index (χ2n) is 10.9. The van der Waals surface area contributed by atoms with Gasteiger partial charge in [0.15, 0.2) is 0 Å². The highest BCUT2D eigenvalue weighted by Crippen LogP contribution is 2.60. The lowest BCUT2D eigenvalue weighted by molar-refractivity contribution is -0.385. The number of aryl methyl sites for hydroxylation is 1. The van der Waals surface area contributed by atoms with Crippen molar-refractivity contribution in [2.75, 3.05) is 5.43 Å². The molecule has 0 amide bonds. The van der Waals surface area contributed by atoms with Crippen LogP contribution in [0.25, 0.3) is 5.69 Å². The molecule has 4 aliphatic carbocycles. The number of nitrogens with one attached hydrogen (secondary N) is 1. The van der Waals surface area contributed by atoms with Crippen molar-refractivity contribution in [3.8, 4) is 5.69 Å². The van der Waals surface area contributed by atoms with Crippen LogP contribution >= 0.6 is 0 Å². The highest BCUT2D eigenvalue weighted by molar-refractivity contribution is 5.82. The number of aromatic nitrogens is 2. The lowest BCUT2D eigenvalue weighted by atomic mass is 9.48. The van der Waals surface area contributed by atoms with Crippen molar-refractivity contribution in [2.24, 2.45) is 22.9 Å². The molecule has 7 rings (SSSR count). The third-order valence-electron chi connectivity index (χ3n) is 8.59. The van der Waals surface area contributed by atoms with Gasteiger partial charge in [0.05, 0.1) is 11.1 Å². The van der Waals surface area contributed by atoms with E-state index in [4.69, 9.17) is 0 Å². The number of pyridine rings is 1. The summed E-state index contributed by atoms with van der Waals surface area (Å²) in [5.74, 6) is 3.31. The van der Waals surface area contributed by atoms with E-state index in [0.717, 1.165) is 34.7 Å². The molecular weight excluding hydrogens is 438 g/mol. The predicted octanol–water partition coefficient (Wildman–Crippen LogP) is 6.31. The molecule has 35 heavy (non-hydrogen) atoms. The Labute approximate surface area is 205 Å². The molecule has 1 aromatic carbocycles. The summed E-state index contributed by atoms with van der Waals surface area (Å²) in [6.07, 6.45) is 11.6. The Bertz CT molecular complexity index is 1250. The van der Waals surface area contributed by atoms with Crippen LogP contribution in [-0.4, -0.2) is 20.7 Å². The first kappa shape index (κ1) is 22.0. The smallest absolute Gasteiger partial charge is 0.287 e. The fourth-order valence-corrected chi connectivity index (χ4v) is 7.47. The molecule has 2 aromatic heterocycles. The molecule has 1 N–H and O–H groups in total. The van der Waals surface area contributed by atoms with E-state index in [9.17, 15) is 10.1 Å². The zero-order valence-electron chi connectivity index (χ0n) is 20.3. The molecule has 180 valence electrons. The van der Waals surface area contributed by atoms with Crippen molar-refractivity contribution in [1.82, 2.24) is 9.55 Å². The van der Waals surface area contributed by atoms with Gasteiger partial charge in [0, 0.05) is 28.7 Å². The second kappa shape index (κ2) is 8.33. The van der Waals surface area contributed by atoms with Crippen LogP contribution in [0.3, 0.4) is 0 Å². The SMILES string of the molecule is Cc1cc(C=NNc2ccc([N+](=O)[O-])cn2)c(C)n1-c1ccc(C23CC4CC(CC(C4)C2)C3)cc1. The van der Waals surface area contributed by atoms with Crippen molar-refractivity contribution < 1.29 is 4.92 Å². The Morgan fingerprint density at radius 3 is 2.29 bits per heavy atom. The molecule has 4 aliphatic rings. The Balaban J connectivity index is 1.19. The number of rotatable bonds is 6. The molecule has 7 heteroatoms. The highest BCUT2D eigenvalue weighted by atomic mass is 16.6. The maximum Gasteiger partial charge on any atom is 0.287 e. The summed E-state index contributed by atoms with van der Waals surface area (Å²) in [7, 11) is 0. The summed E-state index contributed by atoms with van der Waals surface area (Å²) < 4.78 is 2.27. The summed E-state index contributed by atoms with van der Waals surface area (Å²) >= 11 is 0. The van der Waals surface area contributed by atoms with Crippen LogP contribution in [-0.2, 0) is 5.41 Å². The average Bonchev–Trinajstić information content (AvgIpc) is 3.11. The predicted molar refractivity (Wildman–Crippen MR) is 137 cm³/mol. The molecule has 4 bridgehead atoms. The van der Waals surface area contributed by atoms with E-state index in [1.807, 2.05) is 0 Å². The third-order valence-corrected chi connectivity index (χ3v) is 8.59. The van der Waals surface area contributed by atoms with Crippen LogP contribution in [0.5, 0.6) is 0 Å². The fourth-order valence-electron chi connectivity index (χ4n) is 7.47. The van der Waals surface area contributed by atoms with Crippen LogP contribution in [0.2, 0.25) is 0 Å². The molecule has 0 radical (unpaired) electrons. The first-order valence-corrected chi connectivity index (χ1v) is 12.6. The van der Waals surface area contributed by atoms with Crippen molar-refractivity contribution in [3.05, 3.63) is 81.3 Å². The molecule has 3 aromatic rings. The molecule has 0 atom stereocenters. The largest absolute Gasteiger partial charge is 0.318 e. The lowest BCUT2D eigenvalue weighted by Crippen LogP contribution is -2.48. The fraction of sp³-hybridized carbons (Fsp3) is 0.429. The molecule has 0 saturated heterocycles. The van der Waals surface area contributed by atoms with Crippen molar-refractivity contribution in [2.45, 2.75) is 57.8 Å². The van der Waals surface area contributed by atoms with Gasteiger partial charge >= 0.3 is 0 Å². The van der Waals surface area contributed by atoms with Gasteiger partial charge in [-0.05, 0) is 105 Å². The molecule has 0 unspecified atom stereocenters. The summed E-state index contributed by atoms with van der Waals surface area (Å²) in [5.41, 5.74) is 9.24. The van der Waals surface area contributed by atoms with E-state index >= 15 is 0 Å². The molecule has 0 spiro atoms. The molecule has 2 heterocycles. The monoisotopic (exact) mass is 469 g/mol. The van der Waals surface area contributed by atoms with Gasteiger partial charge in [0.1, 0.15) is 12.0 Å².